The van der Waals surface area contributed by atoms with Gasteiger partial charge in [0.25, 0.3) is 0 Å². The molecule has 1 N–H and O–H groups in total. The first-order valence-electron chi connectivity index (χ1n) is 8.27. The summed E-state index contributed by atoms with van der Waals surface area (Å²) in [5, 5.41) is 7.03. The number of aromatic nitrogens is 5. The molecule has 27 heavy (non-hydrogen) atoms. The normalized spacial score (nSPS) is 12.4. The number of amides is 1. The number of rotatable bonds is 4. The van der Waals surface area contributed by atoms with E-state index in [2.05, 4.69) is 20.4 Å². The number of carbonyl (C=O) groups excluding carboxylic acids is 1. The first-order valence-corrected chi connectivity index (χ1v) is 8.27. The first-order chi connectivity index (χ1) is 13.2. The van der Waals surface area contributed by atoms with Crippen LogP contribution in [0.5, 0.6) is 11.5 Å². The van der Waals surface area contributed by atoms with Gasteiger partial charge in [0.15, 0.2) is 17.1 Å². The molecule has 0 radical (unpaired) electrons. The Balaban J connectivity index is 1.39. The van der Waals surface area contributed by atoms with E-state index in [1.165, 1.54) is 0 Å². The molecule has 0 unspecified atom stereocenters. The fourth-order valence-electron chi connectivity index (χ4n) is 2.89. The predicted molar refractivity (Wildman–Crippen MR) is 95.4 cm³/mol. The van der Waals surface area contributed by atoms with E-state index in [-0.39, 0.29) is 25.2 Å². The Morgan fingerprint density at radius 3 is 2.93 bits per heavy atom. The van der Waals surface area contributed by atoms with Crippen molar-refractivity contribution in [3.8, 4) is 22.6 Å². The molecule has 1 amide bonds. The summed E-state index contributed by atoms with van der Waals surface area (Å²) in [4.78, 5) is 20.3. The molecular weight excluding hydrogens is 348 g/mol. The van der Waals surface area contributed by atoms with Crippen LogP contribution in [-0.2, 0) is 11.3 Å². The first kappa shape index (κ1) is 15.4. The largest absolute Gasteiger partial charge is 0.454 e. The third-order valence-electron chi connectivity index (χ3n) is 4.17. The smallest absolute Gasteiger partial charge is 0.249 e. The van der Waals surface area contributed by atoms with Gasteiger partial charge in [-0.15, -0.1) is 5.10 Å². The number of nitrogens with one attached hydrogen (secondary N) is 1. The molecule has 0 atom stereocenters. The van der Waals surface area contributed by atoms with Gasteiger partial charge in [0, 0.05) is 24.2 Å². The summed E-state index contributed by atoms with van der Waals surface area (Å²) in [6.07, 6.45) is 6.77. The molecule has 1 aliphatic rings. The van der Waals surface area contributed by atoms with Crippen LogP contribution in [0.3, 0.4) is 0 Å². The number of hydrogen-bond donors (Lipinski definition) is 1. The van der Waals surface area contributed by atoms with Crippen LogP contribution in [0, 0.1) is 0 Å². The van der Waals surface area contributed by atoms with Crippen molar-refractivity contribution in [2.75, 3.05) is 12.1 Å². The third kappa shape index (κ3) is 2.95. The minimum atomic E-state index is -0.222. The number of hydrogen-bond acceptors (Lipinski definition) is 6. The minimum Gasteiger partial charge on any atom is -0.454 e. The maximum atomic E-state index is 12.1. The molecule has 1 aromatic carbocycles. The fourth-order valence-corrected chi connectivity index (χ4v) is 2.89. The highest BCUT2D eigenvalue weighted by atomic mass is 16.7. The highest BCUT2D eigenvalue weighted by Crippen LogP contribution is 2.35. The minimum absolute atomic E-state index is 0.151. The van der Waals surface area contributed by atoms with Gasteiger partial charge in [-0.25, -0.2) is 9.50 Å². The Morgan fingerprint density at radius 1 is 1.15 bits per heavy atom. The zero-order chi connectivity index (χ0) is 18.2. The Hall–Kier alpha value is -3.88. The Labute approximate surface area is 153 Å². The summed E-state index contributed by atoms with van der Waals surface area (Å²) in [5.74, 6) is 1.49. The third-order valence-corrected chi connectivity index (χ3v) is 4.17. The van der Waals surface area contributed by atoms with Gasteiger partial charge in [-0.05, 0) is 29.8 Å². The molecular formula is C18H14N6O3. The molecule has 5 rings (SSSR count). The maximum Gasteiger partial charge on any atom is 0.249 e. The molecule has 4 heterocycles. The van der Waals surface area contributed by atoms with Crippen molar-refractivity contribution in [2.24, 2.45) is 0 Å². The standard InChI is InChI=1S/C18H14N6O3/c25-17(9-23-6-5-19-10-23)21-18-20-16-4-2-13(8-24(16)22-18)12-1-3-14-15(7-12)27-11-26-14/h1-8,10H,9,11H2,(H,21,22,25). The van der Waals surface area contributed by atoms with Crippen LogP contribution < -0.4 is 14.8 Å². The van der Waals surface area contributed by atoms with E-state index in [1.807, 2.05) is 36.5 Å². The van der Waals surface area contributed by atoms with Crippen molar-refractivity contribution < 1.29 is 14.3 Å². The zero-order valence-electron chi connectivity index (χ0n) is 14.1. The van der Waals surface area contributed by atoms with E-state index < -0.39 is 0 Å². The number of ether oxygens (including phenoxy) is 2. The molecule has 0 spiro atoms. The van der Waals surface area contributed by atoms with Crippen LogP contribution in [0.15, 0.2) is 55.2 Å². The highest BCUT2D eigenvalue weighted by molar-refractivity contribution is 5.89. The van der Waals surface area contributed by atoms with Gasteiger partial charge in [-0.2, -0.15) is 4.98 Å². The van der Waals surface area contributed by atoms with E-state index in [4.69, 9.17) is 9.47 Å². The van der Waals surface area contributed by atoms with Crippen LogP contribution in [0.25, 0.3) is 16.8 Å². The number of benzene rings is 1. The maximum absolute atomic E-state index is 12.1. The molecule has 1 aliphatic heterocycles. The van der Waals surface area contributed by atoms with Crippen molar-refractivity contribution in [1.82, 2.24) is 24.1 Å². The molecule has 134 valence electrons. The Kier molecular flexibility index (Phi) is 3.49. The van der Waals surface area contributed by atoms with Crippen LogP contribution >= 0.6 is 0 Å². The van der Waals surface area contributed by atoms with Crippen LogP contribution in [0.2, 0.25) is 0 Å². The monoisotopic (exact) mass is 362 g/mol. The summed E-state index contributed by atoms with van der Waals surface area (Å²) in [7, 11) is 0. The summed E-state index contributed by atoms with van der Waals surface area (Å²) in [5.41, 5.74) is 2.56. The Morgan fingerprint density at radius 2 is 2.04 bits per heavy atom. The molecule has 9 nitrogen and oxygen atoms in total. The van der Waals surface area contributed by atoms with Crippen molar-refractivity contribution in [1.29, 1.82) is 0 Å². The lowest BCUT2D eigenvalue weighted by Crippen LogP contribution is -2.18. The molecule has 0 saturated carbocycles. The lowest BCUT2D eigenvalue weighted by atomic mass is 10.1. The van der Waals surface area contributed by atoms with E-state index in [0.29, 0.717) is 5.65 Å². The van der Waals surface area contributed by atoms with Crippen molar-refractivity contribution >= 4 is 17.5 Å². The van der Waals surface area contributed by atoms with Gasteiger partial charge in [0.05, 0.1) is 6.33 Å². The number of nitrogens with zero attached hydrogens (tertiary/aromatic N) is 5. The lowest BCUT2D eigenvalue weighted by molar-refractivity contribution is -0.116. The van der Waals surface area contributed by atoms with Gasteiger partial charge in [0.1, 0.15) is 6.54 Å². The average Bonchev–Trinajstić information content (AvgIpc) is 3.40. The quantitative estimate of drug-likeness (QED) is 0.596. The van der Waals surface area contributed by atoms with Crippen LogP contribution in [0.4, 0.5) is 5.95 Å². The van der Waals surface area contributed by atoms with E-state index in [1.54, 1.807) is 27.8 Å². The second-order valence-corrected chi connectivity index (χ2v) is 6.01. The number of anilines is 1. The summed E-state index contributed by atoms with van der Waals surface area (Å²) >= 11 is 0. The van der Waals surface area contributed by atoms with Gasteiger partial charge >= 0.3 is 0 Å². The second-order valence-electron chi connectivity index (χ2n) is 6.01. The van der Waals surface area contributed by atoms with Crippen molar-refractivity contribution in [2.45, 2.75) is 6.54 Å². The van der Waals surface area contributed by atoms with E-state index in [0.717, 1.165) is 22.6 Å². The average molecular weight is 362 g/mol. The van der Waals surface area contributed by atoms with E-state index in [9.17, 15) is 4.79 Å². The zero-order valence-corrected chi connectivity index (χ0v) is 14.1. The van der Waals surface area contributed by atoms with E-state index >= 15 is 0 Å². The van der Waals surface area contributed by atoms with Gasteiger partial charge < -0.3 is 14.0 Å². The molecule has 9 heteroatoms. The van der Waals surface area contributed by atoms with Gasteiger partial charge in [-0.1, -0.05) is 6.07 Å². The fraction of sp³-hybridized carbons (Fsp3) is 0.111. The summed E-state index contributed by atoms with van der Waals surface area (Å²) < 4.78 is 14.1. The molecule has 0 bridgehead atoms. The summed E-state index contributed by atoms with van der Waals surface area (Å²) in [6.45, 7) is 0.390. The van der Waals surface area contributed by atoms with Crippen LogP contribution in [0.1, 0.15) is 0 Å². The highest BCUT2D eigenvalue weighted by Gasteiger charge is 2.15. The second kappa shape index (κ2) is 6.13. The predicted octanol–water partition coefficient (Wildman–Crippen LogP) is 1.96. The molecule has 0 fully saturated rings. The number of fused-ring (bicyclic) bond motifs is 2. The molecule has 0 saturated heterocycles. The van der Waals surface area contributed by atoms with Crippen molar-refractivity contribution in [3.63, 3.8) is 0 Å². The molecule has 3 aromatic heterocycles. The Bertz CT molecular complexity index is 1140. The van der Waals surface area contributed by atoms with Gasteiger partial charge in [-0.3, -0.25) is 10.1 Å². The van der Waals surface area contributed by atoms with Crippen LogP contribution in [-0.4, -0.2) is 36.8 Å². The number of imidazole rings is 1. The number of pyridine rings is 1. The lowest BCUT2D eigenvalue weighted by Gasteiger charge is -2.03. The molecule has 4 aromatic rings. The van der Waals surface area contributed by atoms with Gasteiger partial charge in [0.2, 0.25) is 18.6 Å². The number of carbonyl (C=O) groups is 1. The summed E-state index contributed by atoms with van der Waals surface area (Å²) in [6, 6.07) is 9.55. The van der Waals surface area contributed by atoms with Crippen molar-refractivity contribution in [3.05, 3.63) is 55.2 Å². The topological polar surface area (TPSA) is 95.6 Å². The molecule has 0 aliphatic carbocycles. The SMILES string of the molecule is O=C(Cn1ccnc1)Nc1nc2ccc(-c3ccc4c(c3)OCO4)cn2n1.